The molecule has 2 rings (SSSR count). The average Bonchev–Trinajstić information content (AvgIpc) is 2.72. The van der Waals surface area contributed by atoms with Crippen LogP contribution in [0.25, 0.3) is 0 Å². The minimum atomic E-state index is -0.130. The van der Waals surface area contributed by atoms with Gasteiger partial charge in [0.25, 0.3) is 5.90 Å². The quantitative estimate of drug-likeness (QED) is 0.712. The first-order valence-corrected chi connectivity index (χ1v) is 5.34. The highest BCUT2D eigenvalue weighted by Crippen LogP contribution is 2.17. The highest BCUT2D eigenvalue weighted by atomic mass is 16.5. The number of hydrogen-bond donors (Lipinski definition) is 1. The third-order valence-electron chi connectivity index (χ3n) is 2.72. The lowest BCUT2D eigenvalue weighted by molar-refractivity contribution is -0.116. The second kappa shape index (κ2) is 4.44. The minimum Gasteiger partial charge on any atom is -0.472 e. The molecule has 14 heavy (non-hydrogen) atoms. The molecule has 0 spiro atoms. The molecule has 0 aromatic rings. The van der Waals surface area contributed by atoms with E-state index in [0.29, 0.717) is 19.2 Å². The van der Waals surface area contributed by atoms with Crippen LogP contribution in [0.4, 0.5) is 0 Å². The Labute approximate surface area is 83.7 Å². The van der Waals surface area contributed by atoms with Gasteiger partial charge in [0.2, 0.25) is 0 Å². The monoisotopic (exact) mass is 196 g/mol. The van der Waals surface area contributed by atoms with Crippen LogP contribution in [0, 0.1) is 0 Å². The maximum atomic E-state index is 11.5. The van der Waals surface area contributed by atoms with E-state index in [4.69, 9.17) is 4.74 Å². The van der Waals surface area contributed by atoms with Crippen LogP contribution in [0.5, 0.6) is 0 Å². The van der Waals surface area contributed by atoms with Crippen LogP contribution in [0.2, 0.25) is 0 Å². The summed E-state index contributed by atoms with van der Waals surface area (Å²) in [6.07, 6.45) is 5.93. The molecule has 4 nitrogen and oxygen atoms in total. The molecule has 0 aromatic carbocycles. The molecule has 0 bridgehead atoms. The largest absolute Gasteiger partial charge is 0.472 e. The second-order valence-electron chi connectivity index (χ2n) is 3.84. The number of carbonyl (C=O) groups is 1. The lowest BCUT2D eigenvalue weighted by Crippen LogP contribution is -2.40. The molecule has 0 unspecified atom stereocenters. The summed E-state index contributed by atoms with van der Waals surface area (Å²) in [7, 11) is 0. The zero-order chi connectivity index (χ0) is 9.80. The van der Waals surface area contributed by atoms with Crippen molar-refractivity contribution in [2.45, 2.75) is 38.1 Å². The van der Waals surface area contributed by atoms with Gasteiger partial charge in [-0.2, -0.15) is 0 Å². The fraction of sp³-hybridized carbons (Fsp3) is 0.800. The molecular weight excluding hydrogens is 180 g/mol. The number of aliphatic imine (C=N–C) groups is 1. The Bertz CT molecular complexity index is 245. The first-order valence-electron chi connectivity index (χ1n) is 5.34. The van der Waals surface area contributed by atoms with Gasteiger partial charge in [-0.25, -0.2) is 4.99 Å². The van der Waals surface area contributed by atoms with Crippen molar-refractivity contribution < 1.29 is 9.53 Å². The third kappa shape index (κ3) is 2.25. The first-order chi connectivity index (χ1) is 6.86. The topological polar surface area (TPSA) is 50.7 Å². The predicted molar refractivity (Wildman–Crippen MR) is 53.3 cm³/mol. The van der Waals surface area contributed by atoms with Crippen LogP contribution in [0.1, 0.15) is 32.1 Å². The highest BCUT2D eigenvalue weighted by Gasteiger charge is 2.21. The molecule has 1 amide bonds. The Kier molecular flexibility index (Phi) is 3.01. The number of nitrogens with one attached hydrogen (secondary N) is 1. The highest BCUT2D eigenvalue weighted by molar-refractivity contribution is 6.35. The van der Waals surface area contributed by atoms with Crippen LogP contribution < -0.4 is 5.32 Å². The number of ether oxygens (including phenoxy) is 1. The zero-order valence-electron chi connectivity index (χ0n) is 8.29. The molecule has 78 valence electrons. The Hall–Kier alpha value is -1.06. The van der Waals surface area contributed by atoms with Crippen molar-refractivity contribution in [2.75, 3.05) is 13.2 Å². The molecule has 0 radical (unpaired) electrons. The van der Waals surface area contributed by atoms with E-state index in [1.54, 1.807) is 0 Å². The van der Waals surface area contributed by atoms with Crippen molar-refractivity contribution >= 4 is 11.8 Å². The second-order valence-corrected chi connectivity index (χ2v) is 3.84. The van der Waals surface area contributed by atoms with Crippen molar-refractivity contribution in [1.29, 1.82) is 0 Å². The van der Waals surface area contributed by atoms with Crippen molar-refractivity contribution in [3.63, 3.8) is 0 Å². The zero-order valence-corrected chi connectivity index (χ0v) is 8.29. The van der Waals surface area contributed by atoms with Crippen LogP contribution in [-0.2, 0) is 9.53 Å². The molecule has 1 heterocycles. The smallest absolute Gasteiger partial charge is 0.306 e. The van der Waals surface area contributed by atoms with E-state index in [1.165, 1.54) is 19.3 Å². The molecule has 2 aliphatic rings. The predicted octanol–water partition coefficient (Wildman–Crippen LogP) is 0.864. The Morgan fingerprint density at radius 3 is 2.79 bits per heavy atom. The SMILES string of the molecule is O=C(NC1CCCCC1)C1=NCCO1. The summed E-state index contributed by atoms with van der Waals surface area (Å²) in [5.74, 6) is 0.143. The van der Waals surface area contributed by atoms with Gasteiger partial charge < -0.3 is 10.1 Å². The van der Waals surface area contributed by atoms with E-state index < -0.39 is 0 Å². The standard InChI is InChI=1S/C10H16N2O2/c13-9(10-11-6-7-14-10)12-8-4-2-1-3-5-8/h8H,1-7H2,(H,12,13). The van der Waals surface area contributed by atoms with E-state index in [2.05, 4.69) is 10.3 Å². The molecule has 0 saturated heterocycles. The average molecular weight is 196 g/mol. The van der Waals surface area contributed by atoms with Gasteiger partial charge in [0.1, 0.15) is 6.61 Å². The number of rotatable bonds is 2. The van der Waals surface area contributed by atoms with Gasteiger partial charge in [-0.15, -0.1) is 0 Å². The Balaban J connectivity index is 1.81. The van der Waals surface area contributed by atoms with Gasteiger partial charge in [-0.3, -0.25) is 4.79 Å². The van der Waals surface area contributed by atoms with Crippen LogP contribution in [0.3, 0.4) is 0 Å². The van der Waals surface area contributed by atoms with Gasteiger partial charge in [0.15, 0.2) is 0 Å². The van der Waals surface area contributed by atoms with Gasteiger partial charge in [-0.05, 0) is 12.8 Å². The summed E-state index contributed by atoms with van der Waals surface area (Å²) >= 11 is 0. The fourth-order valence-corrected chi connectivity index (χ4v) is 1.97. The van der Waals surface area contributed by atoms with E-state index >= 15 is 0 Å². The van der Waals surface area contributed by atoms with E-state index in [-0.39, 0.29) is 11.8 Å². The van der Waals surface area contributed by atoms with E-state index in [0.717, 1.165) is 12.8 Å². The summed E-state index contributed by atoms with van der Waals surface area (Å²) in [5.41, 5.74) is 0. The number of nitrogens with zero attached hydrogens (tertiary/aromatic N) is 1. The van der Waals surface area contributed by atoms with E-state index in [9.17, 15) is 4.79 Å². The molecule has 0 atom stereocenters. The Morgan fingerprint density at radius 2 is 2.14 bits per heavy atom. The maximum Gasteiger partial charge on any atom is 0.306 e. The van der Waals surface area contributed by atoms with Crippen LogP contribution >= 0.6 is 0 Å². The molecule has 1 aliphatic carbocycles. The van der Waals surface area contributed by atoms with Crippen LogP contribution in [-0.4, -0.2) is 31.0 Å². The summed E-state index contributed by atoms with van der Waals surface area (Å²) in [6, 6.07) is 0.336. The normalized spacial score (nSPS) is 22.7. The molecule has 1 N–H and O–H groups in total. The van der Waals surface area contributed by atoms with Crippen LogP contribution in [0.15, 0.2) is 4.99 Å². The number of hydrogen-bond acceptors (Lipinski definition) is 3. The summed E-state index contributed by atoms with van der Waals surface area (Å²) in [6.45, 7) is 1.17. The molecule has 1 fully saturated rings. The summed E-state index contributed by atoms with van der Waals surface area (Å²) in [5, 5.41) is 2.97. The van der Waals surface area contributed by atoms with Crippen molar-refractivity contribution in [3.05, 3.63) is 0 Å². The molecule has 0 aromatic heterocycles. The van der Waals surface area contributed by atoms with Gasteiger partial charge in [-0.1, -0.05) is 19.3 Å². The summed E-state index contributed by atoms with van der Waals surface area (Å²) in [4.78, 5) is 15.5. The lowest BCUT2D eigenvalue weighted by Gasteiger charge is -2.22. The van der Waals surface area contributed by atoms with Gasteiger partial charge in [0.05, 0.1) is 6.54 Å². The van der Waals surface area contributed by atoms with Gasteiger partial charge in [0, 0.05) is 6.04 Å². The Morgan fingerprint density at radius 1 is 1.36 bits per heavy atom. The van der Waals surface area contributed by atoms with Crippen molar-refractivity contribution in [1.82, 2.24) is 5.32 Å². The lowest BCUT2D eigenvalue weighted by atomic mass is 9.95. The molecular formula is C10H16N2O2. The van der Waals surface area contributed by atoms with E-state index in [1.807, 2.05) is 0 Å². The summed E-state index contributed by atoms with van der Waals surface area (Å²) < 4.78 is 5.09. The van der Waals surface area contributed by atoms with Crippen molar-refractivity contribution in [3.8, 4) is 0 Å². The number of carbonyl (C=O) groups excluding carboxylic acids is 1. The molecule has 4 heteroatoms. The minimum absolute atomic E-state index is 0.130. The molecule has 1 aliphatic heterocycles. The maximum absolute atomic E-state index is 11.5. The van der Waals surface area contributed by atoms with Gasteiger partial charge >= 0.3 is 5.91 Å². The molecule has 1 saturated carbocycles. The fourth-order valence-electron chi connectivity index (χ4n) is 1.97. The third-order valence-corrected chi connectivity index (χ3v) is 2.72. The van der Waals surface area contributed by atoms with Crippen molar-refractivity contribution in [2.24, 2.45) is 4.99 Å². The number of amides is 1. The first kappa shape index (κ1) is 9.49.